The summed E-state index contributed by atoms with van der Waals surface area (Å²) < 4.78 is 42.7. The van der Waals surface area contributed by atoms with Crippen molar-refractivity contribution in [3.63, 3.8) is 0 Å². The fourth-order valence-electron chi connectivity index (χ4n) is 4.39. The van der Waals surface area contributed by atoms with Crippen molar-refractivity contribution >= 4 is 49.6 Å². The van der Waals surface area contributed by atoms with Crippen LogP contribution in [0, 0.1) is 0 Å². The lowest BCUT2D eigenvalue weighted by Crippen LogP contribution is -2.35. The van der Waals surface area contributed by atoms with Crippen molar-refractivity contribution in [3.8, 4) is 5.75 Å². The molecule has 232 valence electrons. The number of carbonyl (C=O) groups is 3. The van der Waals surface area contributed by atoms with Gasteiger partial charge in [0.2, 0.25) is 0 Å². The summed E-state index contributed by atoms with van der Waals surface area (Å²) >= 11 is 6.81. The van der Waals surface area contributed by atoms with E-state index in [9.17, 15) is 32.7 Å². The quantitative estimate of drug-likeness (QED) is 0.126. The van der Waals surface area contributed by atoms with Crippen LogP contribution in [0.25, 0.3) is 0 Å². The lowest BCUT2D eigenvalue weighted by Gasteiger charge is -2.23. The molecule has 0 atom stereocenters. The number of nitrogens with one attached hydrogen (secondary N) is 1. The van der Waals surface area contributed by atoms with Crippen LogP contribution in [0.2, 0.25) is 0 Å². The van der Waals surface area contributed by atoms with E-state index in [0.29, 0.717) is 26.6 Å². The highest BCUT2D eigenvalue weighted by Gasteiger charge is 2.31. The minimum Gasteiger partial charge on any atom is -0.474 e. The Bertz CT molecular complexity index is 1170. The normalized spacial score (nSPS) is 11.3. The first-order valence-electron chi connectivity index (χ1n) is 14.0. The van der Waals surface area contributed by atoms with E-state index in [1.165, 1.54) is 57.1 Å². The van der Waals surface area contributed by atoms with E-state index < -0.39 is 24.0 Å². The zero-order valence-corrected chi connectivity index (χ0v) is 26.7. The number of alkyl halides is 3. The second kappa shape index (κ2) is 18.1. The van der Waals surface area contributed by atoms with Crippen LogP contribution in [0.3, 0.4) is 0 Å². The second-order valence-corrected chi connectivity index (χ2v) is 11.7. The van der Waals surface area contributed by atoms with Crippen LogP contribution in [-0.4, -0.2) is 40.7 Å². The highest BCUT2D eigenvalue weighted by Crippen LogP contribution is 2.30. The SMILES string of the molecule is CCCCCCCCCCCCNC(=O)c1cc(Br)c(CN(Cc2cccc(OC(F)(F)F)c2)C(=O)C(=O)O)c(Br)c1. The number of carboxylic acid groups (broad SMARTS) is 1. The largest absolute Gasteiger partial charge is 0.573 e. The van der Waals surface area contributed by atoms with Crippen molar-refractivity contribution < 1.29 is 37.4 Å². The molecule has 0 aliphatic rings. The number of ether oxygens (including phenoxy) is 1. The Morgan fingerprint density at radius 3 is 2.00 bits per heavy atom. The number of hydrogen-bond acceptors (Lipinski definition) is 4. The van der Waals surface area contributed by atoms with Crippen molar-refractivity contribution in [2.45, 2.75) is 90.6 Å². The van der Waals surface area contributed by atoms with E-state index in [0.717, 1.165) is 36.3 Å². The third-order valence-corrected chi connectivity index (χ3v) is 7.96. The number of amides is 2. The number of aliphatic carboxylic acids is 1. The Balaban J connectivity index is 1.97. The predicted molar refractivity (Wildman–Crippen MR) is 161 cm³/mol. The van der Waals surface area contributed by atoms with Gasteiger partial charge in [-0.1, -0.05) is 109 Å². The summed E-state index contributed by atoms with van der Waals surface area (Å²) in [5, 5.41) is 12.2. The van der Waals surface area contributed by atoms with Crippen LogP contribution in [0.15, 0.2) is 45.3 Å². The molecule has 2 aromatic carbocycles. The number of benzene rings is 2. The van der Waals surface area contributed by atoms with Gasteiger partial charge < -0.3 is 20.1 Å². The van der Waals surface area contributed by atoms with Gasteiger partial charge in [0.05, 0.1) is 0 Å². The molecule has 2 amide bonds. The van der Waals surface area contributed by atoms with Gasteiger partial charge in [-0.2, -0.15) is 0 Å². The number of halogens is 5. The van der Waals surface area contributed by atoms with Gasteiger partial charge >= 0.3 is 18.2 Å². The predicted octanol–water partition coefficient (Wildman–Crippen LogP) is 8.37. The molecule has 2 rings (SSSR count). The molecule has 42 heavy (non-hydrogen) atoms. The van der Waals surface area contributed by atoms with E-state index >= 15 is 0 Å². The van der Waals surface area contributed by atoms with Gasteiger partial charge in [0.15, 0.2) is 0 Å². The maximum absolute atomic E-state index is 12.7. The fraction of sp³-hybridized carbons (Fsp3) is 0.500. The molecule has 0 aliphatic heterocycles. The molecule has 0 saturated carbocycles. The molecule has 0 heterocycles. The smallest absolute Gasteiger partial charge is 0.474 e. The van der Waals surface area contributed by atoms with E-state index in [4.69, 9.17) is 0 Å². The highest BCUT2D eigenvalue weighted by atomic mass is 79.9. The maximum atomic E-state index is 12.7. The molecule has 7 nitrogen and oxygen atoms in total. The van der Waals surface area contributed by atoms with Gasteiger partial charge in [0.1, 0.15) is 5.75 Å². The Morgan fingerprint density at radius 1 is 0.881 bits per heavy atom. The van der Waals surface area contributed by atoms with Crippen LogP contribution in [0.4, 0.5) is 13.2 Å². The summed E-state index contributed by atoms with van der Waals surface area (Å²) in [4.78, 5) is 37.7. The molecule has 0 bridgehead atoms. The summed E-state index contributed by atoms with van der Waals surface area (Å²) in [6.07, 6.45) is 7.07. The average molecular weight is 722 g/mol. The van der Waals surface area contributed by atoms with Gasteiger partial charge in [-0.3, -0.25) is 9.59 Å². The summed E-state index contributed by atoms with van der Waals surface area (Å²) in [6.45, 7) is 2.27. The summed E-state index contributed by atoms with van der Waals surface area (Å²) in [6, 6.07) is 8.12. The van der Waals surface area contributed by atoms with Crippen molar-refractivity contribution in [2.24, 2.45) is 0 Å². The summed E-state index contributed by atoms with van der Waals surface area (Å²) in [5.74, 6) is -3.71. The molecule has 0 radical (unpaired) electrons. The second-order valence-electron chi connectivity index (χ2n) is 10.0. The Hall–Kier alpha value is -2.60. The molecule has 12 heteroatoms. The Morgan fingerprint density at radius 2 is 1.45 bits per heavy atom. The first-order valence-corrected chi connectivity index (χ1v) is 15.6. The van der Waals surface area contributed by atoms with Crippen molar-refractivity contribution in [2.75, 3.05) is 6.54 Å². The van der Waals surface area contributed by atoms with Gasteiger partial charge in [-0.05, 0) is 41.8 Å². The van der Waals surface area contributed by atoms with Crippen LogP contribution in [-0.2, 0) is 22.7 Å². The standard InChI is InChI=1S/C30H37Br2F3N2O5/c1-2-3-4-5-6-7-8-9-10-11-15-36-27(38)22-17-25(31)24(26(32)18-22)20-37(28(39)29(40)41)19-21-13-12-14-23(16-21)42-30(33,34)35/h12-14,16-18H,2-11,15,19-20H2,1H3,(H,36,38)(H,40,41). The molecular weight excluding hydrogens is 685 g/mol. The lowest BCUT2D eigenvalue weighted by molar-refractivity contribution is -0.274. The minimum atomic E-state index is -4.90. The number of carboxylic acids is 1. The van der Waals surface area contributed by atoms with Gasteiger partial charge in [-0.15, -0.1) is 13.2 Å². The maximum Gasteiger partial charge on any atom is 0.573 e. The van der Waals surface area contributed by atoms with Crippen LogP contribution in [0.5, 0.6) is 5.75 Å². The van der Waals surface area contributed by atoms with Crippen molar-refractivity contribution in [3.05, 3.63) is 62.0 Å². The average Bonchev–Trinajstić information content (AvgIpc) is 2.91. The van der Waals surface area contributed by atoms with Gasteiger partial charge in [0, 0.05) is 34.1 Å². The third kappa shape index (κ3) is 13.1. The zero-order chi connectivity index (χ0) is 31.1. The zero-order valence-electron chi connectivity index (χ0n) is 23.6. The number of carbonyl (C=O) groups excluding carboxylic acids is 2. The highest BCUT2D eigenvalue weighted by molar-refractivity contribution is 9.11. The van der Waals surface area contributed by atoms with Gasteiger partial charge in [-0.25, -0.2) is 4.79 Å². The Kier molecular flexibility index (Phi) is 15.4. The van der Waals surface area contributed by atoms with E-state index in [1.807, 2.05) is 0 Å². The number of nitrogens with zero attached hydrogens (tertiary/aromatic N) is 1. The van der Waals surface area contributed by atoms with Crippen LogP contribution in [0.1, 0.15) is 92.6 Å². The summed E-state index contributed by atoms with van der Waals surface area (Å²) in [7, 11) is 0. The summed E-state index contributed by atoms with van der Waals surface area (Å²) in [5.41, 5.74) is 1.10. The molecule has 2 aromatic rings. The van der Waals surface area contributed by atoms with E-state index in [1.54, 1.807) is 12.1 Å². The number of rotatable bonds is 17. The molecule has 2 N–H and O–H groups in total. The minimum absolute atomic E-state index is 0.197. The van der Waals surface area contributed by atoms with Crippen LogP contribution >= 0.6 is 31.9 Å². The topological polar surface area (TPSA) is 95.9 Å². The molecule has 0 saturated heterocycles. The van der Waals surface area contributed by atoms with Crippen LogP contribution < -0.4 is 10.1 Å². The van der Waals surface area contributed by atoms with Crippen molar-refractivity contribution in [1.82, 2.24) is 10.2 Å². The first kappa shape index (κ1) is 35.6. The number of unbranched alkanes of at least 4 members (excludes halogenated alkanes) is 9. The van der Waals surface area contributed by atoms with Crippen molar-refractivity contribution in [1.29, 1.82) is 0 Å². The molecule has 0 unspecified atom stereocenters. The monoisotopic (exact) mass is 720 g/mol. The lowest BCUT2D eigenvalue weighted by atomic mass is 10.1. The molecule has 0 fully saturated rings. The number of hydrogen-bond donors (Lipinski definition) is 2. The third-order valence-electron chi connectivity index (χ3n) is 6.54. The molecule has 0 aliphatic carbocycles. The fourth-order valence-corrected chi connectivity index (χ4v) is 5.83. The molecule has 0 spiro atoms. The van der Waals surface area contributed by atoms with E-state index in [2.05, 4.69) is 48.8 Å². The molecule has 0 aromatic heterocycles. The molecular formula is C30H37Br2F3N2O5. The van der Waals surface area contributed by atoms with E-state index in [-0.39, 0.29) is 24.6 Å². The van der Waals surface area contributed by atoms with Gasteiger partial charge in [0.25, 0.3) is 5.91 Å². The first-order chi connectivity index (χ1) is 19.9. The Labute approximate surface area is 261 Å².